The first-order valence-corrected chi connectivity index (χ1v) is 7.77. The van der Waals surface area contributed by atoms with Crippen LogP contribution in [0.15, 0.2) is 0 Å². The summed E-state index contributed by atoms with van der Waals surface area (Å²) in [5.41, 5.74) is 0. The molecule has 18 heavy (non-hydrogen) atoms. The van der Waals surface area contributed by atoms with Crippen LogP contribution in [0.4, 0.5) is 0 Å². The second kappa shape index (κ2) is 6.88. The summed E-state index contributed by atoms with van der Waals surface area (Å²) in [6, 6.07) is 1.43. The van der Waals surface area contributed by atoms with Gasteiger partial charge in [0.15, 0.2) is 0 Å². The van der Waals surface area contributed by atoms with Gasteiger partial charge in [0.25, 0.3) is 0 Å². The summed E-state index contributed by atoms with van der Waals surface area (Å²) in [5, 5.41) is 3.70. The van der Waals surface area contributed by atoms with E-state index in [0.29, 0.717) is 6.04 Å². The topological polar surface area (TPSA) is 24.5 Å². The van der Waals surface area contributed by atoms with Crippen molar-refractivity contribution in [3.8, 4) is 0 Å². The van der Waals surface area contributed by atoms with Crippen LogP contribution in [-0.4, -0.2) is 49.8 Å². The summed E-state index contributed by atoms with van der Waals surface area (Å²) >= 11 is 0. The fraction of sp³-hybridized carbons (Fsp3) is 1.00. The van der Waals surface area contributed by atoms with Crippen LogP contribution >= 0.6 is 0 Å². The molecule has 106 valence electrons. The lowest BCUT2D eigenvalue weighted by Crippen LogP contribution is -2.52. The predicted octanol–water partition coefficient (Wildman–Crippen LogP) is 2.12. The molecule has 2 fully saturated rings. The van der Waals surface area contributed by atoms with E-state index in [1.54, 1.807) is 0 Å². The van der Waals surface area contributed by atoms with Crippen LogP contribution in [0.25, 0.3) is 0 Å². The fourth-order valence-electron chi connectivity index (χ4n) is 3.41. The Labute approximate surface area is 112 Å². The number of hydrogen-bond donors (Lipinski definition) is 1. The molecule has 2 saturated heterocycles. The van der Waals surface area contributed by atoms with Gasteiger partial charge in [-0.2, -0.15) is 0 Å². The summed E-state index contributed by atoms with van der Waals surface area (Å²) in [6.45, 7) is 12.7. The average Bonchev–Trinajstić information content (AvgIpc) is 2.90. The van der Waals surface area contributed by atoms with E-state index in [4.69, 9.17) is 4.74 Å². The molecule has 0 bridgehead atoms. The maximum Gasteiger partial charge on any atom is 0.0509 e. The van der Waals surface area contributed by atoms with Gasteiger partial charge in [0.2, 0.25) is 0 Å². The molecule has 4 atom stereocenters. The lowest BCUT2D eigenvalue weighted by atomic mass is 9.90. The third-order valence-electron chi connectivity index (χ3n) is 4.82. The third-order valence-corrected chi connectivity index (χ3v) is 4.82. The van der Waals surface area contributed by atoms with E-state index in [0.717, 1.165) is 31.1 Å². The van der Waals surface area contributed by atoms with E-state index in [1.165, 1.54) is 38.9 Å². The highest BCUT2D eigenvalue weighted by Crippen LogP contribution is 2.25. The van der Waals surface area contributed by atoms with Gasteiger partial charge < -0.3 is 10.1 Å². The number of ether oxygens (including phenoxy) is 1. The molecule has 0 aromatic heterocycles. The Morgan fingerprint density at radius 1 is 1.39 bits per heavy atom. The fourth-order valence-corrected chi connectivity index (χ4v) is 3.41. The normalized spacial score (nSPS) is 35.8. The van der Waals surface area contributed by atoms with Crippen molar-refractivity contribution in [3.63, 3.8) is 0 Å². The molecule has 2 aliphatic heterocycles. The van der Waals surface area contributed by atoms with E-state index >= 15 is 0 Å². The predicted molar refractivity (Wildman–Crippen MR) is 75.8 cm³/mol. The molecule has 3 nitrogen and oxygen atoms in total. The van der Waals surface area contributed by atoms with Crippen molar-refractivity contribution in [2.45, 2.75) is 52.1 Å². The number of rotatable bonds is 5. The van der Waals surface area contributed by atoms with Gasteiger partial charge in [-0.15, -0.1) is 0 Å². The van der Waals surface area contributed by atoms with Crippen LogP contribution in [0, 0.1) is 11.8 Å². The van der Waals surface area contributed by atoms with Gasteiger partial charge in [-0.3, -0.25) is 4.90 Å². The molecule has 2 heterocycles. The van der Waals surface area contributed by atoms with E-state index in [9.17, 15) is 0 Å². The largest absolute Gasteiger partial charge is 0.381 e. The van der Waals surface area contributed by atoms with E-state index in [1.807, 2.05) is 0 Å². The second-order valence-corrected chi connectivity index (χ2v) is 6.19. The van der Waals surface area contributed by atoms with Gasteiger partial charge >= 0.3 is 0 Å². The molecule has 0 aliphatic carbocycles. The minimum absolute atomic E-state index is 0.696. The summed E-state index contributed by atoms with van der Waals surface area (Å²) < 4.78 is 5.53. The SMILES string of the molecule is CCCNC1CCN(C(C)C2CCOC2)CC1C. The molecule has 0 saturated carbocycles. The summed E-state index contributed by atoms with van der Waals surface area (Å²) in [6.07, 6.45) is 3.80. The van der Waals surface area contributed by atoms with E-state index < -0.39 is 0 Å². The van der Waals surface area contributed by atoms with Crippen molar-refractivity contribution in [3.05, 3.63) is 0 Å². The minimum Gasteiger partial charge on any atom is -0.381 e. The number of hydrogen-bond acceptors (Lipinski definition) is 3. The minimum atomic E-state index is 0.696. The Morgan fingerprint density at radius 2 is 2.22 bits per heavy atom. The maximum atomic E-state index is 5.53. The van der Waals surface area contributed by atoms with Crippen LogP contribution < -0.4 is 5.32 Å². The standard InChI is InChI=1S/C15H30N2O/c1-4-7-16-15-5-8-17(10-12(15)2)13(3)14-6-9-18-11-14/h12-16H,4-11H2,1-3H3. The lowest BCUT2D eigenvalue weighted by Gasteiger charge is -2.42. The lowest BCUT2D eigenvalue weighted by molar-refractivity contribution is 0.0749. The molecule has 1 N–H and O–H groups in total. The van der Waals surface area contributed by atoms with Gasteiger partial charge in [0.05, 0.1) is 6.61 Å². The van der Waals surface area contributed by atoms with Gasteiger partial charge in [-0.05, 0) is 51.1 Å². The zero-order chi connectivity index (χ0) is 13.0. The van der Waals surface area contributed by atoms with Crippen molar-refractivity contribution in [1.29, 1.82) is 0 Å². The third kappa shape index (κ3) is 3.46. The molecular weight excluding hydrogens is 224 g/mol. The van der Waals surface area contributed by atoms with Gasteiger partial charge in [0, 0.05) is 25.2 Å². The van der Waals surface area contributed by atoms with Crippen LogP contribution in [0.5, 0.6) is 0 Å². The quantitative estimate of drug-likeness (QED) is 0.813. The molecule has 0 amide bonds. The maximum absolute atomic E-state index is 5.53. The van der Waals surface area contributed by atoms with Crippen molar-refractivity contribution in [2.24, 2.45) is 11.8 Å². The van der Waals surface area contributed by atoms with Gasteiger partial charge in [0.1, 0.15) is 0 Å². The van der Waals surface area contributed by atoms with Crippen molar-refractivity contribution in [2.75, 3.05) is 32.8 Å². The van der Waals surface area contributed by atoms with E-state index in [-0.39, 0.29) is 0 Å². The highest BCUT2D eigenvalue weighted by Gasteiger charge is 2.32. The van der Waals surface area contributed by atoms with Gasteiger partial charge in [-0.25, -0.2) is 0 Å². The Balaban J connectivity index is 1.79. The zero-order valence-corrected chi connectivity index (χ0v) is 12.3. The summed E-state index contributed by atoms with van der Waals surface area (Å²) in [5.74, 6) is 1.53. The van der Waals surface area contributed by atoms with E-state index in [2.05, 4.69) is 31.0 Å². The number of nitrogens with one attached hydrogen (secondary N) is 1. The zero-order valence-electron chi connectivity index (χ0n) is 12.3. The van der Waals surface area contributed by atoms with Crippen LogP contribution in [0.3, 0.4) is 0 Å². The number of piperidine rings is 1. The molecule has 0 aromatic carbocycles. The van der Waals surface area contributed by atoms with Crippen molar-refractivity contribution < 1.29 is 4.74 Å². The Bertz CT molecular complexity index is 241. The summed E-state index contributed by atoms with van der Waals surface area (Å²) in [4.78, 5) is 2.69. The van der Waals surface area contributed by atoms with Gasteiger partial charge in [-0.1, -0.05) is 13.8 Å². The molecule has 2 aliphatic rings. The first-order valence-electron chi connectivity index (χ1n) is 7.77. The molecule has 0 aromatic rings. The Hall–Kier alpha value is -0.120. The molecule has 4 unspecified atom stereocenters. The smallest absolute Gasteiger partial charge is 0.0509 e. The van der Waals surface area contributed by atoms with Crippen LogP contribution in [0.1, 0.15) is 40.0 Å². The Morgan fingerprint density at radius 3 is 2.83 bits per heavy atom. The highest BCUT2D eigenvalue weighted by molar-refractivity contribution is 4.87. The molecular formula is C15H30N2O. The average molecular weight is 254 g/mol. The van der Waals surface area contributed by atoms with Crippen molar-refractivity contribution >= 4 is 0 Å². The number of likely N-dealkylation sites (tertiary alicyclic amines) is 1. The second-order valence-electron chi connectivity index (χ2n) is 6.19. The van der Waals surface area contributed by atoms with Crippen molar-refractivity contribution in [1.82, 2.24) is 10.2 Å². The molecule has 3 heteroatoms. The monoisotopic (exact) mass is 254 g/mol. The van der Waals surface area contributed by atoms with Crippen LogP contribution in [-0.2, 0) is 4.74 Å². The first-order chi connectivity index (χ1) is 8.72. The molecule has 0 spiro atoms. The molecule has 2 rings (SSSR count). The van der Waals surface area contributed by atoms with Crippen LogP contribution in [0.2, 0.25) is 0 Å². The first kappa shape index (κ1) is 14.3. The molecule has 0 radical (unpaired) electrons. The number of nitrogens with zero attached hydrogens (tertiary/aromatic N) is 1. The highest BCUT2D eigenvalue weighted by atomic mass is 16.5. The summed E-state index contributed by atoms with van der Waals surface area (Å²) in [7, 11) is 0. The Kier molecular flexibility index (Phi) is 5.46.